The van der Waals surface area contributed by atoms with Crippen molar-refractivity contribution in [1.29, 1.82) is 0 Å². The first-order valence-electron chi connectivity index (χ1n) is 10.7. The van der Waals surface area contributed by atoms with Crippen LogP contribution in [0.3, 0.4) is 0 Å². The van der Waals surface area contributed by atoms with Crippen molar-refractivity contribution in [2.24, 2.45) is 0 Å². The van der Waals surface area contributed by atoms with Crippen molar-refractivity contribution in [2.45, 2.75) is 13.0 Å². The highest BCUT2D eigenvalue weighted by Gasteiger charge is 2.22. The molecule has 0 aliphatic carbocycles. The first-order valence-corrected chi connectivity index (χ1v) is 10.7. The number of methoxy groups -OCH3 is 1. The average Bonchev–Trinajstić information content (AvgIpc) is 3.33. The van der Waals surface area contributed by atoms with Crippen LogP contribution in [-0.2, 0) is 22.5 Å². The van der Waals surface area contributed by atoms with E-state index in [0.717, 1.165) is 5.56 Å². The molecule has 0 bridgehead atoms. The van der Waals surface area contributed by atoms with Crippen LogP contribution in [0.25, 0.3) is 0 Å². The summed E-state index contributed by atoms with van der Waals surface area (Å²) in [5.74, 6) is -0.0326. The quantitative estimate of drug-likeness (QED) is 0.473. The van der Waals surface area contributed by atoms with E-state index >= 15 is 0 Å². The van der Waals surface area contributed by atoms with Gasteiger partial charge in [-0.15, -0.1) is 0 Å². The highest BCUT2D eigenvalue weighted by Crippen LogP contribution is 2.12. The lowest BCUT2D eigenvalue weighted by molar-refractivity contribution is -0.132. The molecular weight excluding hydrogens is 425 g/mol. The molecule has 1 N–H and O–H groups in total. The summed E-state index contributed by atoms with van der Waals surface area (Å²) < 4.78 is 24.0. The van der Waals surface area contributed by atoms with Crippen molar-refractivity contribution < 1.29 is 23.1 Å². The van der Waals surface area contributed by atoms with Crippen LogP contribution in [0.2, 0.25) is 0 Å². The first kappa shape index (κ1) is 24.0. The van der Waals surface area contributed by atoms with Crippen LogP contribution in [0.15, 0.2) is 77.4 Å². The smallest absolute Gasteiger partial charge is 0.322 e. The van der Waals surface area contributed by atoms with E-state index in [2.05, 4.69) is 5.32 Å². The zero-order valence-corrected chi connectivity index (χ0v) is 18.6. The molecule has 0 saturated heterocycles. The van der Waals surface area contributed by atoms with Crippen LogP contribution in [0.4, 0.5) is 14.9 Å². The fourth-order valence-corrected chi connectivity index (χ4v) is 3.28. The second kappa shape index (κ2) is 12.4. The minimum Gasteiger partial charge on any atom is -0.467 e. The molecule has 1 heterocycles. The molecule has 0 atom stereocenters. The number of nitrogens with zero attached hydrogens (tertiary/aromatic N) is 2. The van der Waals surface area contributed by atoms with Gasteiger partial charge in [-0.1, -0.05) is 36.4 Å². The normalized spacial score (nSPS) is 10.6. The largest absolute Gasteiger partial charge is 0.467 e. The number of benzene rings is 2. The molecule has 2 aromatic carbocycles. The second-order valence-electron chi connectivity index (χ2n) is 7.49. The Balaban J connectivity index is 1.69. The highest BCUT2D eigenvalue weighted by atomic mass is 19.1. The van der Waals surface area contributed by atoms with Gasteiger partial charge in [-0.2, -0.15) is 0 Å². The van der Waals surface area contributed by atoms with E-state index < -0.39 is 11.8 Å². The van der Waals surface area contributed by atoms with E-state index in [0.29, 0.717) is 31.0 Å². The number of amides is 3. The summed E-state index contributed by atoms with van der Waals surface area (Å²) in [7, 11) is 1.52. The van der Waals surface area contributed by atoms with Crippen molar-refractivity contribution in [3.8, 4) is 0 Å². The van der Waals surface area contributed by atoms with Crippen molar-refractivity contribution in [3.63, 3.8) is 0 Å². The molecule has 174 valence electrons. The third-order valence-corrected chi connectivity index (χ3v) is 5.05. The number of hydrogen-bond donors (Lipinski definition) is 1. The molecule has 0 fully saturated rings. The molecule has 3 amide bonds. The molecule has 0 spiro atoms. The van der Waals surface area contributed by atoms with Gasteiger partial charge in [-0.05, 0) is 42.3 Å². The maximum Gasteiger partial charge on any atom is 0.322 e. The highest BCUT2D eigenvalue weighted by molar-refractivity contribution is 5.92. The van der Waals surface area contributed by atoms with Crippen LogP contribution in [-0.4, -0.2) is 55.1 Å². The van der Waals surface area contributed by atoms with Crippen LogP contribution >= 0.6 is 0 Å². The summed E-state index contributed by atoms with van der Waals surface area (Å²) in [4.78, 5) is 29.1. The maximum absolute atomic E-state index is 13.5. The minimum atomic E-state index is -0.507. The predicted octanol–water partition coefficient (Wildman–Crippen LogP) is 4.17. The molecule has 7 nitrogen and oxygen atoms in total. The Morgan fingerprint density at radius 2 is 1.82 bits per heavy atom. The third kappa shape index (κ3) is 7.76. The van der Waals surface area contributed by atoms with E-state index in [1.54, 1.807) is 23.3 Å². The zero-order valence-electron chi connectivity index (χ0n) is 18.6. The summed E-state index contributed by atoms with van der Waals surface area (Å²) in [5, 5.41) is 2.64. The van der Waals surface area contributed by atoms with E-state index in [1.807, 2.05) is 36.4 Å². The predicted molar refractivity (Wildman–Crippen MR) is 123 cm³/mol. The Hall–Kier alpha value is -3.65. The topological polar surface area (TPSA) is 75.0 Å². The van der Waals surface area contributed by atoms with E-state index in [4.69, 9.17) is 9.15 Å². The lowest BCUT2D eigenvalue weighted by Crippen LogP contribution is -2.46. The van der Waals surface area contributed by atoms with Gasteiger partial charge in [-0.3, -0.25) is 4.79 Å². The van der Waals surface area contributed by atoms with E-state index in [1.165, 1.54) is 30.2 Å². The summed E-state index contributed by atoms with van der Waals surface area (Å²) in [6.07, 6.45) is 2.23. The van der Waals surface area contributed by atoms with Gasteiger partial charge in [0.05, 0.1) is 19.4 Å². The lowest BCUT2D eigenvalue weighted by Gasteiger charge is -2.27. The lowest BCUT2D eigenvalue weighted by atomic mass is 10.1. The van der Waals surface area contributed by atoms with Gasteiger partial charge in [0.1, 0.15) is 18.1 Å². The molecule has 1 aromatic heterocycles. The summed E-state index contributed by atoms with van der Waals surface area (Å²) >= 11 is 0. The van der Waals surface area contributed by atoms with Crippen LogP contribution < -0.4 is 5.32 Å². The molecular formula is C25H28FN3O4. The van der Waals surface area contributed by atoms with Gasteiger partial charge in [-0.25, -0.2) is 9.18 Å². The molecule has 33 heavy (non-hydrogen) atoms. The number of carbonyl (C=O) groups excluding carboxylic acids is 2. The van der Waals surface area contributed by atoms with Gasteiger partial charge in [0, 0.05) is 25.9 Å². The van der Waals surface area contributed by atoms with Crippen molar-refractivity contribution in [3.05, 3.63) is 90.1 Å². The van der Waals surface area contributed by atoms with Crippen LogP contribution in [0, 0.1) is 5.82 Å². The Bertz CT molecular complexity index is 1010. The number of urea groups is 1. The summed E-state index contributed by atoms with van der Waals surface area (Å²) in [6.45, 7) is 1.07. The maximum atomic E-state index is 13.5. The first-order chi connectivity index (χ1) is 16.0. The number of furan rings is 1. The van der Waals surface area contributed by atoms with E-state index in [9.17, 15) is 14.0 Å². The van der Waals surface area contributed by atoms with Gasteiger partial charge >= 0.3 is 6.03 Å². The van der Waals surface area contributed by atoms with Gasteiger partial charge < -0.3 is 24.3 Å². The van der Waals surface area contributed by atoms with Crippen molar-refractivity contribution in [2.75, 3.05) is 38.7 Å². The molecule has 0 saturated carbocycles. The van der Waals surface area contributed by atoms with Crippen LogP contribution in [0.1, 0.15) is 11.3 Å². The summed E-state index contributed by atoms with van der Waals surface area (Å²) in [6, 6.07) is 18.5. The standard InChI is InChI=1S/C25H28FN3O4/c1-32-16-14-29(25(31)27-22-10-5-9-21(26)17-22)19-24(30)28(18-23-11-6-15-33-23)13-12-20-7-3-2-4-8-20/h2-11,15,17H,12-14,16,18-19H2,1H3,(H,27,31). The number of nitrogens with one attached hydrogen (secondary N) is 1. The Morgan fingerprint density at radius 3 is 2.52 bits per heavy atom. The monoisotopic (exact) mass is 453 g/mol. The molecule has 0 aliphatic rings. The second-order valence-corrected chi connectivity index (χ2v) is 7.49. The number of carbonyl (C=O) groups is 2. The Kier molecular flexibility index (Phi) is 9.02. The van der Waals surface area contributed by atoms with Gasteiger partial charge in [0.15, 0.2) is 0 Å². The van der Waals surface area contributed by atoms with Crippen molar-refractivity contribution >= 4 is 17.6 Å². The zero-order chi connectivity index (χ0) is 23.5. The molecule has 3 rings (SSSR count). The van der Waals surface area contributed by atoms with E-state index in [-0.39, 0.29) is 25.6 Å². The van der Waals surface area contributed by atoms with Gasteiger partial charge in [0.2, 0.25) is 5.91 Å². The SMILES string of the molecule is COCCN(CC(=O)N(CCc1ccccc1)Cc1ccco1)C(=O)Nc1cccc(F)c1. The molecule has 8 heteroatoms. The Morgan fingerprint density at radius 1 is 1.00 bits per heavy atom. The Labute approximate surface area is 192 Å². The number of rotatable bonds is 11. The minimum absolute atomic E-state index is 0.153. The van der Waals surface area contributed by atoms with Crippen LogP contribution in [0.5, 0.6) is 0 Å². The van der Waals surface area contributed by atoms with Gasteiger partial charge in [0.25, 0.3) is 0 Å². The summed E-state index contributed by atoms with van der Waals surface area (Å²) in [5.41, 5.74) is 1.42. The number of anilines is 1. The molecule has 0 unspecified atom stereocenters. The third-order valence-electron chi connectivity index (χ3n) is 5.05. The number of ether oxygens (including phenoxy) is 1. The average molecular weight is 454 g/mol. The molecule has 0 aliphatic heterocycles. The number of hydrogen-bond acceptors (Lipinski definition) is 4. The fraction of sp³-hybridized carbons (Fsp3) is 0.280. The molecule has 3 aromatic rings. The number of halogens is 1. The fourth-order valence-electron chi connectivity index (χ4n) is 3.28. The van der Waals surface area contributed by atoms with Crippen molar-refractivity contribution in [1.82, 2.24) is 9.80 Å². The molecule has 0 radical (unpaired) electrons.